The molecule has 0 spiro atoms. The number of hydrogen-bond acceptors (Lipinski definition) is 5. The van der Waals surface area contributed by atoms with E-state index in [0.717, 1.165) is 28.7 Å². The van der Waals surface area contributed by atoms with Gasteiger partial charge in [-0.2, -0.15) is 0 Å². The van der Waals surface area contributed by atoms with Crippen LogP contribution in [0, 0.1) is 0 Å². The molecule has 1 aliphatic rings. The summed E-state index contributed by atoms with van der Waals surface area (Å²) < 4.78 is 33.4. The lowest BCUT2D eigenvalue weighted by molar-refractivity contribution is -0.143. The molecule has 1 unspecified atom stereocenters. The van der Waals surface area contributed by atoms with E-state index in [9.17, 15) is 18.0 Å². The molecule has 178 valence electrons. The smallest absolute Gasteiger partial charge is 0.319 e. The summed E-state index contributed by atoms with van der Waals surface area (Å²) in [6.45, 7) is 6.60. The number of urea groups is 1. The number of nitrogens with one attached hydrogen (secondary N) is 3. The topological polar surface area (TPSA) is 114 Å². The molecule has 8 nitrogen and oxygen atoms in total. The van der Waals surface area contributed by atoms with Crippen molar-refractivity contribution in [1.29, 1.82) is 0 Å². The molecule has 0 bridgehead atoms. The van der Waals surface area contributed by atoms with E-state index in [4.69, 9.17) is 4.74 Å². The highest BCUT2D eigenvalue weighted by molar-refractivity contribution is 7.89. The second kappa shape index (κ2) is 10.8. The monoisotopic (exact) mass is 473 g/mol. The summed E-state index contributed by atoms with van der Waals surface area (Å²) in [5.41, 5.74) is 4.07. The molecule has 33 heavy (non-hydrogen) atoms. The lowest BCUT2D eigenvalue weighted by Crippen LogP contribution is -2.29. The molecule has 2 amide bonds. The van der Waals surface area contributed by atoms with Crippen LogP contribution in [0.5, 0.6) is 0 Å². The Morgan fingerprint density at radius 2 is 1.61 bits per heavy atom. The Bertz CT molecular complexity index is 1130. The number of ether oxygens (including phenoxy) is 1. The van der Waals surface area contributed by atoms with Crippen LogP contribution < -0.4 is 15.4 Å². The van der Waals surface area contributed by atoms with Crippen LogP contribution in [0.25, 0.3) is 11.1 Å². The molecule has 0 aromatic heterocycles. The van der Waals surface area contributed by atoms with Gasteiger partial charge >= 0.3 is 12.0 Å². The van der Waals surface area contributed by atoms with Crippen LogP contribution in [0.2, 0.25) is 0 Å². The van der Waals surface area contributed by atoms with Gasteiger partial charge < -0.3 is 15.4 Å². The molecule has 0 saturated carbocycles. The van der Waals surface area contributed by atoms with Crippen molar-refractivity contribution < 1.29 is 22.7 Å². The van der Waals surface area contributed by atoms with Crippen LogP contribution in [-0.2, 0) is 19.6 Å². The van der Waals surface area contributed by atoms with Gasteiger partial charge in [-0.25, -0.2) is 17.9 Å². The number of anilines is 1. The van der Waals surface area contributed by atoms with Gasteiger partial charge in [0.2, 0.25) is 10.0 Å². The Hall–Kier alpha value is -2.91. The van der Waals surface area contributed by atoms with Crippen LogP contribution in [0.15, 0.2) is 41.3 Å². The van der Waals surface area contributed by atoms with Crippen LogP contribution >= 0.6 is 0 Å². The summed E-state index contributed by atoms with van der Waals surface area (Å²) >= 11 is 0. The van der Waals surface area contributed by atoms with Crippen LogP contribution in [0.1, 0.15) is 57.1 Å². The van der Waals surface area contributed by atoms with E-state index in [0.29, 0.717) is 25.2 Å². The first-order valence-corrected chi connectivity index (χ1v) is 12.8. The maximum Gasteiger partial charge on any atom is 0.319 e. The number of carbonyl (C=O) groups excluding carboxylic acids is 2. The number of esters is 1. The average Bonchev–Trinajstić information content (AvgIpc) is 3.11. The fraction of sp³-hybridized carbons (Fsp3) is 0.417. The van der Waals surface area contributed by atoms with Gasteiger partial charge in [0, 0.05) is 31.1 Å². The van der Waals surface area contributed by atoms with E-state index in [1.54, 1.807) is 25.1 Å². The highest BCUT2D eigenvalue weighted by Crippen LogP contribution is 2.46. The first-order chi connectivity index (χ1) is 15.8. The SMILES string of the molecule is CCCNC(=O)Nc1ccc2c(c1)C(COC(=O)CC)c1cc(S(=O)(=O)NCCC)ccc1-2. The molecule has 0 fully saturated rings. The highest BCUT2D eigenvalue weighted by Gasteiger charge is 2.31. The largest absolute Gasteiger partial charge is 0.465 e. The Labute approximate surface area is 195 Å². The third-order valence-electron chi connectivity index (χ3n) is 5.46. The van der Waals surface area contributed by atoms with Crippen molar-refractivity contribution in [3.8, 4) is 11.1 Å². The molecular formula is C24H31N3O5S. The fourth-order valence-electron chi connectivity index (χ4n) is 3.77. The van der Waals surface area contributed by atoms with E-state index in [1.165, 1.54) is 0 Å². The van der Waals surface area contributed by atoms with Crippen molar-refractivity contribution in [2.45, 2.75) is 50.8 Å². The Kier molecular flexibility index (Phi) is 8.10. The third-order valence-corrected chi connectivity index (χ3v) is 6.92. The minimum atomic E-state index is -3.65. The van der Waals surface area contributed by atoms with Crippen LogP contribution in [0.3, 0.4) is 0 Å². The molecule has 3 N–H and O–H groups in total. The van der Waals surface area contributed by atoms with Crippen molar-refractivity contribution in [3.63, 3.8) is 0 Å². The Morgan fingerprint density at radius 1 is 0.939 bits per heavy atom. The van der Waals surface area contributed by atoms with Crippen molar-refractivity contribution >= 4 is 27.7 Å². The number of carbonyl (C=O) groups is 2. The maximum atomic E-state index is 12.7. The molecule has 1 aliphatic carbocycles. The van der Waals surface area contributed by atoms with Gasteiger partial charge in [0.1, 0.15) is 6.61 Å². The molecule has 2 aromatic carbocycles. The molecule has 0 radical (unpaired) electrons. The van der Waals surface area contributed by atoms with E-state index in [-0.39, 0.29) is 35.8 Å². The van der Waals surface area contributed by atoms with Crippen molar-refractivity contribution in [3.05, 3.63) is 47.5 Å². The van der Waals surface area contributed by atoms with E-state index in [1.807, 2.05) is 32.0 Å². The third kappa shape index (κ3) is 5.72. The number of amides is 2. The van der Waals surface area contributed by atoms with E-state index >= 15 is 0 Å². The maximum absolute atomic E-state index is 12.7. The zero-order chi connectivity index (χ0) is 24.0. The molecule has 0 aliphatic heterocycles. The lowest BCUT2D eigenvalue weighted by atomic mass is 9.97. The highest BCUT2D eigenvalue weighted by atomic mass is 32.2. The van der Waals surface area contributed by atoms with Gasteiger partial charge in [0.05, 0.1) is 4.90 Å². The molecule has 0 heterocycles. The van der Waals surface area contributed by atoms with Crippen LogP contribution in [-0.4, -0.2) is 40.1 Å². The second-order valence-corrected chi connectivity index (χ2v) is 9.69. The predicted molar refractivity (Wildman–Crippen MR) is 128 cm³/mol. The number of rotatable bonds is 10. The van der Waals surface area contributed by atoms with Crippen molar-refractivity contribution in [2.24, 2.45) is 0 Å². The summed E-state index contributed by atoms with van der Waals surface area (Å²) in [5, 5.41) is 5.60. The first-order valence-electron chi connectivity index (χ1n) is 11.3. The average molecular weight is 474 g/mol. The fourth-order valence-corrected chi connectivity index (χ4v) is 4.94. The number of benzene rings is 2. The van der Waals surface area contributed by atoms with Gasteiger partial charge in [0.15, 0.2) is 0 Å². The molecule has 0 saturated heterocycles. The molecule has 2 aromatic rings. The quantitative estimate of drug-likeness (QED) is 0.452. The number of sulfonamides is 1. The summed E-state index contributed by atoms with van der Waals surface area (Å²) in [6, 6.07) is 10.3. The zero-order valence-electron chi connectivity index (χ0n) is 19.2. The van der Waals surface area contributed by atoms with Crippen molar-refractivity contribution in [2.75, 3.05) is 25.0 Å². The van der Waals surface area contributed by atoms with Gasteiger partial charge in [0.25, 0.3) is 0 Å². The first kappa shape index (κ1) is 24.7. The van der Waals surface area contributed by atoms with E-state index < -0.39 is 10.0 Å². The van der Waals surface area contributed by atoms with Crippen molar-refractivity contribution in [1.82, 2.24) is 10.0 Å². The zero-order valence-corrected chi connectivity index (χ0v) is 20.1. The lowest BCUT2D eigenvalue weighted by Gasteiger charge is -2.16. The van der Waals surface area contributed by atoms with Gasteiger partial charge in [-0.1, -0.05) is 32.9 Å². The minimum Gasteiger partial charge on any atom is -0.465 e. The second-order valence-electron chi connectivity index (χ2n) is 7.92. The summed E-state index contributed by atoms with van der Waals surface area (Å²) in [6.07, 6.45) is 1.77. The molecule has 9 heteroatoms. The normalized spacial score (nSPS) is 14.3. The molecule has 1 atom stereocenters. The van der Waals surface area contributed by atoms with Gasteiger partial charge in [-0.15, -0.1) is 0 Å². The summed E-state index contributed by atoms with van der Waals surface area (Å²) in [4.78, 5) is 24.1. The molecular weight excluding hydrogens is 442 g/mol. The van der Waals surface area contributed by atoms with Gasteiger partial charge in [-0.3, -0.25) is 4.79 Å². The van der Waals surface area contributed by atoms with E-state index in [2.05, 4.69) is 15.4 Å². The van der Waals surface area contributed by atoms with Gasteiger partial charge in [-0.05, 0) is 59.4 Å². The Morgan fingerprint density at radius 3 is 2.27 bits per heavy atom. The predicted octanol–water partition coefficient (Wildman–Crippen LogP) is 3.97. The number of fused-ring (bicyclic) bond motifs is 3. The minimum absolute atomic E-state index is 0.0873. The summed E-state index contributed by atoms with van der Waals surface area (Å²) in [7, 11) is -3.65. The number of hydrogen-bond donors (Lipinski definition) is 3. The molecule has 3 rings (SSSR count). The van der Waals surface area contributed by atoms with Crippen LogP contribution in [0.4, 0.5) is 10.5 Å². The Balaban J connectivity index is 1.97. The summed E-state index contributed by atoms with van der Waals surface area (Å²) in [5.74, 6) is -0.668. The standard InChI is InChI=1S/C24H31N3O5S/c1-4-11-25-24(29)27-16-7-9-18-19-10-8-17(33(30,31)26-12-5-2)14-21(19)22(20(18)13-16)15-32-23(28)6-3/h7-10,13-14,22,26H,4-6,11-12,15H2,1-3H3,(H2,25,27,29).